The maximum absolute atomic E-state index is 10.6. The lowest BCUT2D eigenvalue weighted by atomic mass is 10.0. The van der Waals surface area contributed by atoms with Gasteiger partial charge in [0, 0.05) is 5.92 Å². The van der Waals surface area contributed by atoms with Crippen LogP contribution in [-0.4, -0.2) is 5.91 Å². The second kappa shape index (κ2) is 1.49. The second-order valence-corrected chi connectivity index (χ2v) is 3.33. The van der Waals surface area contributed by atoms with Gasteiger partial charge in [-0.2, -0.15) is 0 Å². The summed E-state index contributed by atoms with van der Waals surface area (Å²) in [6.07, 6.45) is 3.53. The van der Waals surface area contributed by atoms with Crippen LogP contribution in [0.5, 0.6) is 0 Å². The van der Waals surface area contributed by atoms with Crippen LogP contribution >= 0.6 is 0 Å². The van der Waals surface area contributed by atoms with E-state index in [4.69, 9.17) is 5.73 Å². The summed E-state index contributed by atoms with van der Waals surface area (Å²) in [5.74, 6) is 1.90. The summed E-state index contributed by atoms with van der Waals surface area (Å²) in [5.41, 5.74) is 5.14. The molecule has 0 aromatic carbocycles. The van der Waals surface area contributed by atoms with Crippen LogP contribution in [0.15, 0.2) is 0 Å². The van der Waals surface area contributed by atoms with Gasteiger partial charge in [0.25, 0.3) is 0 Å². The standard InChI is InChI=1S/C7H11NO/c8-7(9)6-2-4-1-5(4)3-6/h4-6H,1-3H2,(H2,8,9)/t4-,5?,6?/m1/s1. The van der Waals surface area contributed by atoms with Gasteiger partial charge in [-0.3, -0.25) is 4.79 Å². The van der Waals surface area contributed by atoms with Crippen molar-refractivity contribution in [1.29, 1.82) is 0 Å². The van der Waals surface area contributed by atoms with Crippen LogP contribution in [0.1, 0.15) is 19.3 Å². The first-order chi connectivity index (χ1) is 4.27. The molecule has 2 aliphatic rings. The number of rotatable bonds is 1. The Hall–Kier alpha value is -0.530. The SMILES string of the molecule is NC(=O)C1CC2C[C@@H]2C1. The number of primary amides is 1. The topological polar surface area (TPSA) is 43.1 Å². The van der Waals surface area contributed by atoms with Crippen molar-refractivity contribution < 1.29 is 4.79 Å². The molecule has 9 heavy (non-hydrogen) atoms. The lowest BCUT2D eigenvalue weighted by Gasteiger charge is -2.03. The van der Waals surface area contributed by atoms with E-state index in [0.29, 0.717) is 0 Å². The zero-order valence-electron chi connectivity index (χ0n) is 5.34. The molecule has 2 heteroatoms. The van der Waals surface area contributed by atoms with Crippen LogP contribution in [0.2, 0.25) is 0 Å². The molecule has 0 spiro atoms. The average molecular weight is 125 g/mol. The van der Waals surface area contributed by atoms with Gasteiger partial charge in [-0.05, 0) is 31.1 Å². The molecule has 2 unspecified atom stereocenters. The molecule has 1 amide bonds. The van der Waals surface area contributed by atoms with E-state index in [1.807, 2.05) is 0 Å². The van der Waals surface area contributed by atoms with Gasteiger partial charge in [0.05, 0.1) is 0 Å². The highest BCUT2D eigenvalue weighted by molar-refractivity contribution is 5.77. The van der Waals surface area contributed by atoms with Crippen LogP contribution < -0.4 is 5.73 Å². The van der Waals surface area contributed by atoms with Crippen LogP contribution in [-0.2, 0) is 4.79 Å². The van der Waals surface area contributed by atoms with Gasteiger partial charge in [0.15, 0.2) is 0 Å². The Morgan fingerprint density at radius 3 is 2.11 bits per heavy atom. The number of carbonyl (C=O) groups excluding carboxylic acids is 1. The Morgan fingerprint density at radius 2 is 1.78 bits per heavy atom. The van der Waals surface area contributed by atoms with Crippen molar-refractivity contribution in [3.05, 3.63) is 0 Å². The summed E-state index contributed by atoms with van der Waals surface area (Å²) in [5, 5.41) is 0. The van der Waals surface area contributed by atoms with Crippen LogP contribution in [0.25, 0.3) is 0 Å². The molecule has 0 aromatic rings. The van der Waals surface area contributed by atoms with Crippen molar-refractivity contribution in [1.82, 2.24) is 0 Å². The first-order valence-corrected chi connectivity index (χ1v) is 3.56. The summed E-state index contributed by atoms with van der Waals surface area (Å²) in [7, 11) is 0. The van der Waals surface area contributed by atoms with Gasteiger partial charge < -0.3 is 5.73 Å². The minimum atomic E-state index is -0.0813. The van der Waals surface area contributed by atoms with Crippen molar-refractivity contribution in [3.8, 4) is 0 Å². The highest BCUT2D eigenvalue weighted by Crippen LogP contribution is 2.54. The van der Waals surface area contributed by atoms with E-state index in [-0.39, 0.29) is 11.8 Å². The van der Waals surface area contributed by atoms with Gasteiger partial charge in [-0.1, -0.05) is 0 Å². The normalized spacial score (nSPS) is 46.4. The van der Waals surface area contributed by atoms with Crippen LogP contribution in [0.3, 0.4) is 0 Å². The second-order valence-electron chi connectivity index (χ2n) is 3.33. The van der Waals surface area contributed by atoms with Crippen LogP contribution in [0, 0.1) is 17.8 Å². The molecule has 0 aromatic heterocycles. The summed E-state index contributed by atoms with van der Waals surface area (Å²) in [4.78, 5) is 10.6. The molecule has 2 saturated carbocycles. The summed E-state index contributed by atoms with van der Waals surface area (Å²) in [6.45, 7) is 0. The van der Waals surface area contributed by atoms with E-state index in [2.05, 4.69) is 0 Å². The predicted octanol–water partition coefficient (Wildman–Crippen LogP) is 0.518. The van der Waals surface area contributed by atoms with Crippen molar-refractivity contribution in [3.63, 3.8) is 0 Å². The quantitative estimate of drug-likeness (QED) is 0.545. The van der Waals surface area contributed by atoms with E-state index >= 15 is 0 Å². The molecule has 50 valence electrons. The number of fused-ring (bicyclic) bond motifs is 1. The first-order valence-electron chi connectivity index (χ1n) is 3.56. The van der Waals surface area contributed by atoms with E-state index < -0.39 is 0 Å². The average Bonchev–Trinajstić information content (AvgIpc) is 2.40. The molecule has 3 atom stereocenters. The van der Waals surface area contributed by atoms with Crippen molar-refractivity contribution >= 4 is 5.91 Å². The molecular weight excluding hydrogens is 114 g/mol. The number of amides is 1. The Morgan fingerprint density at radius 1 is 1.22 bits per heavy atom. The molecule has 2 aliphatic carbocycles. The van der Waals surface area contributed by atoms with Crippen molar-refractivity contribution in [2.24, 2.45) is 23.5 Å². The maximum atomic E-state index is 10.6. The summed E-state index contributed by atoms with van der Waals surface area (Å²) in [6, 6.07) is 0. The molecule has 2 N–H and O–H groups in total. The highest BCUT2D eigenvalue weighted by atomic mass is 16.1. The third-order valence-electron chi connectivity index (χ3n) is 2.65. The zero-order chi connectivity index (χ0) is 6.43. The fourth-order valence-electron chi connectivity index (χ4n) is 1.95. The molecular formula is C7H11NO. The monoisotopic (exact) mass is 125 g/mol. The number of hydrogen-bond acceptors (Lipinski definition) is 1. The fourth-order valence-corrected chi connectivity index (χ4v) is 1.95. The zero-order valence-corrected chi connectivity index (χ0v) is 5.34. The number of hydrogen-bond donors (Lipinski definition) is 1. The fraction of sp³-hybridized carbons (Fsp3) is 0.857. The Balaban J connectivity index is 1.97. The summed E-state index contributed by atoms with van der Waals surface area (Å²) >= 11 is 0. The van der Waals surface area contributed by atoms with E-state index in [1.165, 1.54) is 6.42 Å². The Bertz CT molecular complexity index is 145. The highest BCUT2D eigenvalue weighted by Gasteiger charge is 2.47. The van der Waals surface area contributed by atoms with E-state index in [9.17, 15) is 4.79 Å². The molecule has 0 bridgehead atoms. The van der Waals surface area contributed by atoms with Gasteiger partial charge in [-0.15, -0.1) is 0 Å². The third kappa shape index (κ3) is 0.732. The third-order valence-corrected chi connectivity index (χ3v) is 2.65. The van der Waals surface area contributed by atoms with E-state index in [0.717, 1.165) is 24.7 Å². The number of nitrogens with two attached hydrogens (primary N) is 1. The first kappa shape index (κ1) is 5.27. The van der Waals surface area contributed by atoms with E-state index in [1.54, 1.807) is 0 Å². The molecule has 2 nitrogen and oxygen atoms in total. The molecule has 2 rings (SSSR count). The molecule has 2 fully saturated rings. The lowest BCUT2D eigenvalue weighted by Crippen LogP contribution is -2.21. The predicted molar refractivity (Wildman–Crippen MR) is 33.5 cm³/mol. The van der Waals surface area contributed by atoms with Crippen molar-refractivity contribution in [2.45, 2.75) is 19.3 Å². The molecule has 0 radical (unpaired) electrons. The number of carbonyl (C=O) groups is 1. The van der Waals surface area contributed by atoms with Gasteiger partial charge >= 0.3 is 0 Å². The van der Waals surface area contributed by atoms with Gasteiger partial charge in [0.1, 0.15) is 0 Å². The van der Waals surface area contributed by atoms with Gasteiger partial charge in [0.2, 0.25) is 5.91 Å². The van der Waals surface area contributed by atoms with Crippen LogP contribution in [0.4, 0.5) is 0 Å². The lowest BCUT2D eigenvalue weighted by molar-refractivity contribution is -0.121. The van der Waals surface area contributed by atoms with Crippen molar-refractivity contribution in [2.75, 3.05) is 0 Å². The Labute approximate surface area is 54.4 Å². The largest absolute Gasteiger partial charge is 0.369 e. The maximum Gasteiger partial charge on any atom is 0.220 e. The minimum Gasteiger partial charge on any atom is -0.369 e. The molecule has 0 aliphatic heterocycles. The molecule has 0 heterocycles. The summed E-state index contributed by atoms with van der Waals surface area (Å²) < 4.78 is 0. The minimum absolute atomic E-state index is 0.0813. The smallest absolute Gasteiger partial charge is 0.220 e. The Kier molecular flexibility index (Phi) is 0.875. The molecule has 0 saturated heterocycles. The van der Waals surface area contributed by atoms with Gasteiger partial charge in [-0.25, -0.2) is 0 Å².